The van der Waals surface area contributed by atoms with Crippen LogP contribution in [0.4, 0.5) is 0 Å². The van der Waals surface area contributed by atoms with Crippen LogP contribution in [0.3, 0.4) is 0 Å². The van der Waals surface area contributed by atoms with Crippen molar-refractivity contribution in [3.63, 3.8) is 0 Å². The zero-order valence-corrected chi connectivity index (χ0v) is 12.1. The Hall–Kier alpha value is -1.30. The largest absolute Gasteiger partial charge is 0.465 e. The van der Waals surface area contributed by atoms with Crippen molar-refractivity contribution in [2.45, 2.75) is 45.8 Å². The number of furan rings is 1. The van der Waals surface area contributed by atoms with Crippen molar-refractivity contribution in [1.82, 2.24) is 4.72 Å². The molecule has 1 heterocycles. The molecule has 1 aromatic heterocycles. The van der Waals surface area contributed by atoms with E-state index in [-0.39, 0.29) is 11.5 Å². The molecule has 6 heteroatoms. The number of nitrogens with one attached hydrogen (secondary N) is 1. The summed E-state index contributed by atoms with van der Waals surface area (Å²) in [4.78, 5) is 11.9. The molecule has 1 amide bonds. The number of hydrogen-bond donors (Lipinski definition) is 1. The highest BCUT2D eigenvalue weighted by atomic mass is 32.2. The highest BCUT2D eigenvalue weighted by Crippen LogP contribution is 2.21. The van der Waals surface area contributed by atoms with E-state index in [2.05, 4.69) is 0 Å². The van der Waals surface area contributed by atoms with Gasteiger partial charge in [0.1, 0.15) is 11.5 Å². The second kappa shape index (κ2) is 5.14. The summed E-state index contributed by atoms with van der Waals surface area (Å²) in [5.74, 6) is 0.596. The summed E-state index contributed by atoms with van der Waals surface area (Å²) in [6, 6.07) is 1.59. The van der Waals surface area contributed by atoms with Crippen LogP contribution < -0.4 is 4.72 Å². The summed E-state index contributed by atoms with van der Waals surface area (Å²) in [6.45, 7) is 8.53. The lowest BCUT2D eigenvalue weighted by Gasteiger charge is -2.08. The predicted octanol–water partition coefficient (Wildman–Crippen LogP) is 2.18. The van der Waals surface area contributed by atoms with Gasteiger partial charge in [0.2, 0.25) is 10.0 Å². The van der Waals surface area contributed by atoms with E-state index in [1.165, 1.54) is 13.8 Å². The second-order valence-corrected chi connectivity index (χ2v) is 7.04. The fraction of sp³-hybridized carbons (Fsp3) is 0.583. The number of hydrogen-bond acceptors (Lipinski definition) is 4. The van der Waals surface area contributed by atoms with Crippen LogP contribution in [0.15, 0.2) is 10.5 Å². The van der Waals surface area contributed by atoms with E-state index in [1.807, 2.05) is 18.6 Å². The summed E-state index contributed by atoms with van der Waals surface area (Å²) >= 11 is 0. The number of amides is 1. The molecule has 1 aromatic rings. The number of rotatable bonds is 4. The first-order valence-corrected chi connectivity index (χ1v) is 7.36. The van der Waals surface area contributed by atoms with Crippen LogP contribution in [-0.4, -0.2) is 19.6 Å². The molecule has 0 unspecified atom stereocenters. The van der Waals surface area contributed by atoms with Crippen molar-refractivity contribution in [1.29, 1.82) is 0 Å². The number of sulfonamides is 1. The molecular formula is C12H19NO4S. The van der Waals surface area contributed by atoms with Gasteiger partial charge in [-0.25, -0.2) is 13.1 Å². The molecule has 102 valence electrons. The average Bonchev–Trinajstić information content (AvgIpc) is 2.59. The Balaban J connectivity index is 2.99. The monoisotopic (exact) mass is 273 g/mol. The Morgan fingerprint density at radius 1 is 1.28 bits per heavy atom. The fourth-order valence-corrected chi connectivity index (χ4v) is 1.92. The predicted molar refractivity (Wildman–Crippen MR) is 69.1 cm³/mol. The molecule has 0 saturated heterocycles. The standard InChI is InChI=1S/C12H19NO4S/c1-7(2)11-6-10(9(5)17-11)12(14)13-18(15,16)8(3)4/h6-8H,1-5H3,(H,13,14). The lowest BCUT2D eigenvalue weighted by atomic mass is 10.1. The van der Waals surface area contributed by atoms with Gasteiger partial charge in [0.25, 0.3) is 5.91 Å². The number of carbonyl (C=O) groups excluding carboxylic acids is 1. The average molecular weight is 273 g/mol. The van der Waals surface area contributed by atoms with Gasteiger partial charge in [-0.1, -0.05) is 13.8 Å². The minimum atomic E-state index is -3.61. The molecule has 1 rings (SSSR count). The van der Waals surface area contributed by atoms with Gasteiger partial charge < -0.3 is 4.42 Å². The molecule has 0 aromatic carbocycles. The van der Waals surface area contributed by atoms with E-state index in [0.29, 0.717) is 11.5 Å². The van der Waals surface area contributed by atoms with Gasteiger partial charge in [-0.05, 0) is 26.8 Å². The molecule has 0 fully saturated rings. The van der Waals surface area contributed by atoms with Gasteiger partial charge in [0.05, 0.1) is 10.8 Å². The Morgan fingerprint density at radius 3 is 2.22 bits per heavy atom. The molecule has 18 heavy (non-hydrogen) atoms. The molecule has 0 aliphatic rings. The Bertz CT molecular complexity index is 540. The van der Waals surface area contributed by atoms with E-state index in [4.69, 9.17) is 4.42 Å². The quantitative estimate of drug-likeness (QED) is 0.912. The maximum atomic E-state index is 11.9. The molecular weight excluding hydrogens is 254 g/mol. The smallest absolute Gasteiger partial charge is 0.268 e. The zero-order valence-electron chi connectivity index (χ0n) is 11.3. The van der Waals surface area contributed by atoms with Crippen molar-refractivity contribution in [3.8, 4) is 0 Å². The van der Waals surface area contributed by atoms with E-state index in [0.717, 1.165) is 0 Å². The van der Waals surface area contributed by atoms with Crippen molar-refractivity contribution in [2.24, 2.45) is 0 Å². The number of aryl methyl sites for hydroxylation is 1. The van der Waals surface area contributed by atoms with Gasteiger partial charge in [-0.2, -0.15) is 0 Å². The SMILES string of the molecule is Cc1oc(C(C)C)cc1C(=O)NS(=O)(=O)C(C)C. The molecule has 0 radical (unpaired) electrons. The van der Waals surface area contributed by atoms with Gasteiger partial charge >= 0.3 is 0 Å². The van der Waals surface area contributed by atoms with E-state index < -0.39 is 21.2 Å². The summed E-state index contributed by atoms with van der Waals surface area (Å²) in [7, 11) is -3.61. The summed E-state index contributed by atoms with van der Waals surface area (Å²) < 4.78 is 30.7. The second-order valence-electron chi connectivity index (χ2n) is 4.80. The van der Waals surface area contributed by atoms with Crippen molar-refractivity contribution < 1.29 is 17.6 Å². The fourth-order valence-electron chi connectivity index (χ4n) is 1.32. The first-order valence-electron chi connectivity index (χ1n) is 5.81. The molecule has 0 bridgehead atoms. The molecule has 1 N–H and O–H groups in total. The highest BCUT2D eigenvalue weighted by Gasteiger charge is 2.23. The third-order valence-corrected chi connectivity index (χ3v) is 4.32. The molecule has 0 aliphatic heterocycles. The van der Waals surface area contributed by atoms with Crippen LogP contribution in [0, 0.1) is 6.92 Å². The Morgan fingerprint density at radius 2 is 1.83 bits per heavy atom. The molecule has 0 spiro atoms. The van der Waals surface area contributed by atoms with Crippen LogP contribution in [0.2, 0.25) is 0 Å². The molecule has 0 saturated carbocycles. The van der Waals surface area contributed by atoms with Crippen LogP contribution in [0.1, 0.15) is 55.5 Å². The van der Waals surface area contributed by atoms with E-state index in [1.54, 1.807) is 13.0 Å². The lowest BCUT2D eigenvalue weighted by molar-refractivity contribution is 0.0979. The van der Waals surface area contributed by atoms with E-state index in [9.17, 15) is 13.2 Å². The maximum Gasteiger partial charge on any atom is 0.268 e. The van der Waals surface area contributed by atoms with Gasteiger partial charge in [0, 0.05) is 5.92 Å². The van der Waals surface area contributed by atoms with Crippen LogP contribution in [0.5, 0.6) is 0 Å². The van der Waals surface area contributed by atoms with Gasteiger partial charge in [0.15, 0.2) is 0 Å². The first-order chi connectivity index (χ1) is 8.15. The maximum absolute atomic E-state index is 11.9. The summed E-state index contributed by atoms with van der Waals surface area (Å²) in [5, 5.41) is -0.654. The van der Waals surface area contributed by atoms with Crippen molar-refractivity contribution >= 4 is 15.9 Å². The third kappa shape index (κ3) is 3.13. The van der Waals surface area contributed by atoms with Crippen LogP contribution >= 0.6 is 0 Å². The Labute approximate surface area is 108 Å². The topological polar surface area (TPSA) is 76.4 Å². The molecule has 0 aliphatic carbocycles. The van der Waals surface area contributed by atoms with Gasteiger partial charge in [-0.15, -0.1) is 0 Å². The summed E-state index contributed by atoms with van der Waals surface area (Å²) in [6.07, 6.45) is 0. The zero-order chi connectivity index (χ0) is 14.1. The molecule has 0 atom stereocenters. The summed E-state index contributed by atoms with van der Waals surface area (Å²) in [5.41, 5.74) is 0.267. The molecule has 5 nitrogen and oxygen atoms in total. The lowest BCUT2D eigenvalue weighted by Crippen LogP contribution is -2.35. The van der Waals surface area contributed by atoms with Crippen LogP contribution in [0.25, 0.3) is 0 Å². The number of carbonyl (C=O) groups is 1. The highest BCUT2D eigenvalue weighted by molar-refractivity contribution is 7.90. The van der Waals surface area contributed by atoms with E-state index >= 15 is 0 Å². The third-order valence-electron chi connectivity index (χ3n) is 2.61. The minimum absolute atomic E-state index is 0.145. The van der Waals surface area contributed by atoms with Crippen LogP contribution in [-0.2, 0) is 10.0 Å². The minimum Gasteiger partial charge on any atom is -0.465 e. The van der Waals surface area contributed by atoms with Gasteiger partial charge in [-0.3, -0.25) is 4.79 Å². The normalized spacial score (nSPS) is 12.2. The van der Waals surface area contributed by atoms with Crippen molar-refractivity contribution in [2.75, 3.05) is 0 Å². The van der Waals surface area contributed by atoms with Crippen molar-refractivity contribution in [3.05, 3.63) is 23.2 Å². The first kappa shape index (κ1) is 14.8. The Kier molecular flexibility index (Phi) is 4.21.